The van der Waals surface area contributed by atoms with Gasteiger partial charge in [0.05, 0.1) is 18.0 Å². The molecule has 0 aromatic heterocycles. The lowest BCUT2D eigenvalue weighted by atomic mass is 9.80. The maximum absolute atomic E-state index is 12.2. The van der Waals surface area contributed by atoms with E-state index in [0.29, 0.717) is 18.0 Å². The van der Waals surface area contributed by atoms with Crippen LogP contribution in [0.2, 0.25) is 0 Å². The van der Waals surface area contributed by atoms with E-state index in [4.69, 9.17) is 22.7 Å². The zero-order chi connectivity index (χ0) is 15.3. The van der Waals surface area contributed by atoms with E-state index in [0.717, 1.165) is 31.7 Å². The molecule has 5 heteroatoms. The number of carbonyl (C=O) groups is 1. The third kappa shape index (κ3) is 4.17. The Kier molecular flexibility index (Phi) is 5.17. The molecule has 0 spiro atoms. The van der Waals surface area contributed by atoms with Crippen LogP contribution >= 0.6 is 12.2 Å². The summed E-state index contributed by atoms with van der Waals surface area (Å²) in [5.74, 6) is 0.931. The standard InChI is InChI=1S/C16H22N2O2S/c1-16(15(17)21)8-10-18(11-9-16)14(19)7-12-20-13-5-3-2-4-6-13/h2-6H,7-12H2,1H3,(H2,17,21). The fraction of sp³-hybridized carbons (Fsp3) is 0.500. The second-order valence-corrected chi connectivity index (χ2v) is 6.16. The number of likely N-dealkylation sites (tertiary alicyclic amines) is 1. The lowest BCUT2D eigenvalue weighted by Crippen LogP contribution is -2.46. The number of rotatable bonds is 5. The van der Waals surface area contributed by atoms with Crippen LogP contribution in [0.5, 0.6) is 5.75 Å². The van der Waals surface area contributed by atoms with Crippen LogP contribution < -0.4 is 10.5 Å². The van der Waals surface area contributed by atoms with Gasteiger partial charge in [0.1, 0.15) is 5.75 Å². The van der Waals surface area contributed by atoms with Gasteiger partial charge in [0.2, 0.25) is 5.91 Å². The second-order valence-electron chi connectivity index (χ2n) is 5.72. The molecule has 2 N–H and O–H groups in total. The van der Waals surface area contributed by atoms with Gasteiger partial charge in [-0.3, -0.25) is 4.79 Å². The minimum Gasteiger partial charge on any atom is -0.493 e. The zero-order valence-electron chi connectivity index (χ0n) is 12.4. The van der Waals surface area contributed by atoms with Crippen molar-refractivity contribution in [2.45, 2.75) is 26.2 Å². The Morgan fingerprint density at radius 2 is 1.95 bits per heavy atom. The highest BCUT2D eigenvalue weighted by Crippen LogP contribution is 2.31. The molecule has 0 saturated carbocycles. The monoisotopic (exact) mass is 306 g/mol. The third-order valence-corrected chi connectivity index (χ3v) is 4.64. The lowest BCUT2D eigenvalue weighted by Gasteiger charge is -2.38. The number of nitrogens with zero attached hydrogens (tertiary/aromatic N) is 1. The molecule has 21 heavy (non-hydrogen) atoms. The summed E-state index contributed by atoms with van der Waals surface area (Å²) in [6.45, 7) is 3.93. The normalized spacial score (nSPS) is 17.3. The average molecular weight is 306 g/mol. The van der Waals surface area contributed by atoms with Gasteiger partial charge in [0.15, 0.2) is 0 Å². The molecule has 0 atom stereocenters. The van der Waals surface area contributed by atoms with E-state index in [1.54, 1.807) is 0 Å². The smallest absolute Gasteiger partial charge is 0.225 e. The van der Waals surface area contributed by atoms with Crippen LogP contribution in [0.4, 0.5) is 0 Å². The first kappa shape index (κ1) is 15.8. The van der Waals surface area contributed by atoms with Gasteiger partial charge in [-0.1, -0.05) is 37.3 Å². The molecule has 0 aliphatic carbocycles. The minimum atomic E-state index is -0.105. The first-order valence-electron chi connectivity index (χ1n) is 7.27. The predicted octanol–water partition coefficient (Wildman–Crippen LogP) is 2.37. The summed E-state index contributed by atoms with van der Waals surface area (Å²) in [5.41, 5.74) is 5.67. The summed E-state index contributed by atoms with van der Waals surface area (Å²) in [4.78, 5) is 14.6. The maximum atomic E-state index is 12.2. The molecule has 2 rings (SSSR count). The molecule has 1 fully saturated rings. The number of benzene rings is 1. The van der Waals surface area contributed by atoms with Crippen molar-refractivity contribution < 1.29 is 9.53 Å². The molecule has 114 valence electrons. The van der Waals surface area contributed by atoms with Crippen molar-refractivity contribution in [3.05, 3.63) is 30.3 Å². The van der Waals surface area contributed by atoms with Crippen molar-refractivity contribution in [3.8, 4) is 5.75 Å². The molecule has 0 radical (unpaired) electrons. The zero-order valence-corrected chi connectivity index (χ0v) is 13.2. The third-order valence-electron chi connectivity index (χ3n) is 4.14. The van der Waals surface area contributed by atoms with E-state index in [2.05, 4.69) is 6.92 Å². The molecule has 1 heterocycles. The first-order chi connectivity index (χ1) is 10.0. The highest BCUT2D eigenvalue weighted by atomic mass is 32.1. The number of piperidine rings is 1. The number of nitrogens with two attached hydrogens (primary N) is 1. The summed E-state index contributed by atoms with van der Waals surface area (Å²) in [6, 6.07) is 9.54. The van der Waals surface area contributed by atoms with Gasteiger partial charge in [-0.05, 0) is 25.0 Å². The van der Waals surface area contributed by atoms with E-state index >= 15 is 0 Å². The van der Waals surface area contributed by atoms with Gasteiger partial charge in [-0.25, -0.2) is 0 Å². The summed E-state index contributed by atoms with van der Waals surface area (Å²) in [5, 5.41) is 0. The maximum Gasteiger partial charge on any atom is 0.225 e. The molecule has 0 bridgehead atoms. The summed E-state index contributed by atoms with van der Waals surface area (Å²) < 4.78 is 5.56. The van der Waals surface area contributed by atoms with Crippen LogP contribution in [0, 0.1) is 5.41 Å². The van der Waals surface area contributed by atoms with E-state index < -0.39 is 0 Å². The first-order valence-corrected chi connectivity index (χ1v) is 7.68. The van der Waals surface area contributed by atoms with E-state index in [-0.39, 0.29) is 11.3 Å². The highest BCUT2D eigenvalue weighted by molar-refractivity contribution is 7.80. The predicted molar refractivity (Wildman–Crippen MR) is 87.3 cm³/mol. The fourth-order valence-corrected chi connectivity index (χ4v) is 2.63. The summed E-state index contributed by atoms with van der Waals surface area (Å²) in [7, 11) is 0. The quantitative estimate of drug-likeness (QED) is 0.849. The van der Waals surface area contributed by atoms with E-state index in [1.165, 1.54) is 0 Å². The second kappa shape index (κ2) is 6.89. The molecule has 4 nitrogen and oxygen atoms in total. The SMILES string of the molecule is CC1(C(N)=S)CCN(C(=O)CCOc2ccccc2)CC1. The highest BCUT2D eigenvalue weighted by Gasteiger charge is 2.33. The Bertz CT molecular complexity index is 496. The van der Waals surface area contributed by atoms with Gasteiger partial charge in [0, 0.05) is 18.5 Å². The van der Waals surface area contributed by atoms with Crippen LogP contribution in [0.15, 0.2) is 30.3 Å². The molecule has 1 aliphatic heterocycles. The van der Waals surface area contributed by atoms with Gasteiger partial charge in [-0.2, -0.15) is 0 Å². The molecule has 0 unspecified atom stereocenters. The molecular weight excluding hydrogens is 284 g/mol. The molecule has 1 aromatic rings. The average Bonchev–Trinajstić information content (AvgIpc) is 2.49. The number of para-hydroxylation sites is 1. The van der Waals surface area contributed by atoms with Gasteiger partial charge < -0.3 is 15.4 Å². The van der Waals surface area contributed by atoms with Crippen LogP contribution in [-0.2, 0) is 4.79 Å². The van der Waals surface area contributed by atoms with Crippen LogP contribution in [0.3, 0.4) is 0 Å². The van der Waals surface area contributed by atoms with Gasteiger partial charge >= 0.3 is 0 Å². The number of carbonyl (C=O) groups excluding carboxylic acids is 1. The van der Waals surface area contributed by atoms with Gasteiger partial charge in [-0.15, -0.1) is 0 Å². The van der Waals surface area contributed by atoms with Crippen molar-refractivity contribution in [1.29, 1.82) is 0 Å². The summed E-state index contributed by atoms with van der Waals surface area (Å²) >= 11 is 5.11. The largest absolute Gasteiger partial charge is 0.493 e. The van der Waals surface area contributed by atoms with Crippen LogP contribution in [-0.4, -0.2) is 35.5 Å². The van der Waals surface area contributed by atoms with E-state index in [1.807, 2.05) is 35.2 Å². The van der Waals surface area contributed by atoms with Gasteiger partial charge in [0.25, 0.3) is 0 Å². The number of amides is 1. The Morgan fingerprint density at radius 3 is 2.52 bits per heavy atom. The van der Waals surface area contributed by atoms with E-state index in [9.17, 15) is 4.79 Å². The Morgan fingerprint density at radius 1 is 1.33 bits per heavy atom. The van der Waals surface area contributed by atoms with Crippen molar-refractivity contribution in [3.63, 3.8) is 0 Å². The fourth-order valence-electron chi connectivity index (χ4n) is 2.43. The topological polar surface area (TPSA) is 55.6 Å². The number of thiocarbonyl (C=S) groups is 1. The van der Waals surface area contributed by atoms with Crippen LogP contribution in [0.25, 0.3) is 0 Å². The molecule has 1 amide bonds. The van der Waals surface area contributed by atoms with Crippen LogP contribution in [0.1, 0.15) is 26.2 Å². The summed E-state index contributed by atoms with van der Waals surface area (Å²) in [6.07, 6.45) is 2.08. The Hall–Kier alpha value is -1.62. The minimum absolute atomic E-state index is 0.105. The Balaban J connectivity index is 1.74. The lowest BCUT2D eigenvalue weighted by molar-refractivity contribution is -0.133. The molecular formula is C16H22N2O2S. The molecule has 1 aromatic carbocycles. The number of hydrogen-bond donors (Lipinski definition) is 1. The number of ether oxygens (including phenoxy) is 1. The Labute approximate surface area is 131 Å². The van der Waals surface area contributed by atoms with Crippen molar-refractivity contribution in [2.24, 2.45) is 11.1 Å². The molecule has 1 aliphatic rings. The number of hydrogen-bond acceptors (Lipinski definition) is 3. The molecule has 1 saturated heterocycles. The van der Waals surface area contributed by atoms with Crippen molar-refractivity contribution in [1.82, 2.24) is 4.90 Å². The van der Waals surface area contributed by atoms with Crippen molar-refractivity contribution >= 4 is 23.1 Å². The van der Waals surface area contributed by atoms with Crippen molar-refractivity contribution in [2.75, 3.05) is 19.7 Å².